The summed E-state index contributed by atoms with van der Waals surface area (Å²) < 4.78 is 5.90. The summed E-state index contributed by atoms with van der Waals surface area (Å²) in [5.74, 6) is 0.362. The van der Waals surface area contributed by atoms with Crippen molar-refractivity contribution >= 4 is 23.3 Å². The lowest BCUT2D eigenvalue weighted by Crippen LogP contribution is -2.39. The van der Waals surface area contributed by atoms with E-state index in [0.717, 1.165) is 40.9 Å². The number of hydrogen-bond donors (Lipinski definition) is 0. The van der Waals surface area contributed by atoms with E-state index in [4.69, 9.17) is 16.3 Å². The third kappa shape index (κ3) is 3.93. The van der Waals surface area contributed by atoms with Gasteiger partial charge in [-0.3, -0.25) is 14.7 Å². The van der Waals surface area contributed by atoms with Gasteiger partial charge in [0, 0.05) is 37.1 Å². The maximum atomic E-state index is 13.2. The molecule has 3 aromatic heterocycles. The highest BCUT2D eigenvalue weighted by Gasteiger charge is 2.29. The molecule has 1 aliphatic heterocycles. The second-order valence-corrected chi connectivity index (χ2v) is 8.85. The van der Waals surface area contributed by atoms with Crippen LogP contribution in [0.2, 0.25) is 5.02 Å². The first kappa shape index (κ1) is 20.8. The average Bonchev–Trinajstić information content (AvgIpc) is 3.28. The van der Waals surface area contributed by atoms with Crippen molar-refractivity contribution in [2.45, 2.75) is 52.1 Å². The quantitative estimate of drug-likeness (QED) is 0.572. The summed E-state index contributed by atoms with van der Waals surface area (Å²) in [4.78, 5) is 32.7. The Bertz CT molecular complexity index is 1190. The van der Waals surface area contributed by atoms with Gasteiger partial charge in [0.1, 0.15) is 11.9 Å². The number of pyridine rings is 2. The van der Waals surface area contributed by atoms with E-state index in [1.165, 1.54) is 12.8 Å². The molecule has 1 saturated carbocycles. The van der Waals surface area contributed by atoms with Crippen LogP contribution in [0.5, 0.6) is 6.01 Å². The fourth-order valence-electron chi connectivity index (χ4n) is 4.42. The molecular formula is C24H24ClN5O2. The molecule has 7 nitrogen and oxygen atoms in total. The Morgan fingerprint density at radius 1 is 1.03 bits per heavy atom. The number of anilines is 1. The van der Waals surface area contributed by atoms with Crippen molar-refractivity contribution in [1.82, 2.24) is 19.9 Å². The van der Waals surface area contributed by atoms with Crippen LogP contribution in [0.3, 0.4) is 0 Å². The zero-order chi connectivity index (χ0) is 22.2. The van der Waals surface area contributed by atoms with Gasteiger partial charge in [-0.15, -0.1) is 0 Å². The predicted molar refractivity (Wildman–Crippen MR) is 122 cm³/mol. The van der Waals surface area contributed by atoms with Crippen molar-refractivity contribution in [3.05, 3.63) is 58.1 Å². The minimum Gasteiger partial charge on any atom is -0.460 e. The molecule has 0 saturated heterocycles. The lowest BCUT2D eigenvalue weighted by Gasteiger charge is -2.27. The molecule has 0 unspecified atom stereocenters. The molecule has 1 amide bonds. The van der Waals surface area contributed by atoms with Crippen molar-refractivity contribution in [1.29, 1.82) is 0 Å². The third-order valence-corrected chi connectivity index (χ3v) is 6.36. The Morgan fingerprint density at radius 2 is 1.84 bits per heavy atom. The number of nitrogens with zero attached hydrogens (tertiary/aromatic N) is 5. The van der Waals surface area contributed by atoms with Crippen LogP contribution in [0.4, 0.5) is 5.82 Å². The standard InChI is InChI=1S/C24H24ClN5O2/c1-14-9-15(2)22(27-11-14)17-10-21(26-13-19(17)25)30-8-7-20-18(23(30)31)12-28-24(29-20)32-16-5-3-4-6-16/h9-13,16H,3-8H2,1-2H3. The van der Waals surface area contributed by atoms with Crippen molar-refractivity contribution < 1.29 is 9.53 Å². The Kier molecular flexibility index (Phi) is 5.51. The van der Waals surface area contributed by atoms with Gasteiger partial charge in [-0.2, -0.15) is 4.98 Å². The number of fused-ring (bicyclic) bond motifs is 1. The van der Waals surface area contributed by atoms with Crippen LogP contribution in [-0.2, 0) is 6.42 Å². The second-order valence-electron chi connectivity index (χ2n) is 8.44. The molecule has 1 fully saturated rings. The first-order valence-corrected chi connectivity index (χ1v) is 11.3. The molecule has 3 aromatic rings. The first-order chi connectivity index (χ1) is 15.5. The SMILES string of the molecule is Cc1cnc(-c2cc(N3CCc4nc(OC5CCCC5)ncc4C3=O)ncc2Cl)c(C)c1. The van der Waals surface area contributed by atoms with Gasteiger partial charge < -0.3 is 4.74 Å². The predicted octanol–water partition coefficient (Wildman–Crippen LogP) is 4.73. The average molecular weight is 450 g/mol. The molecule has 4 heterocycles. The number of carbonyl (C=O) groups excluding carboxylic acids is 1. The lowest BCUT2D eigenvalue weighted by molar-refractivity contribution is 0.0978. The van der Waals surface area contributed by atoms with Gasteiger partial charge in [0.05, 0.1) is 22.0 Å². The summed E-state index contributed by atoms with van der Waals surface area (Å²) in [5.41, 5.74) is 4.84. The third-order valence-electron chi connectivity index (χ3n) is 6.06. The molecule has 0 atom stereocenters. The normalized spacial score (nSPS) is 16.3. The summed E-state index contributed by atoms with van der Waals surface area (Å²) in [6.07, 6.45) is 10.2. The molecule has 1 aliphatic carbocycles. The summed E-state index contributed by atoms with van der Waals surface area (Å²) in [7, 11) is 0. The molecule has 0 N–H and O–H groups in total. The lowest BCUT2D eigenvalue weighted by atomic mass is 10.0. The van der Waals surface area contributed by atoms with Crippen LogP contribution < -0.4 is 9.64 Å². The number of aryl methyl sites for hydroxylation is 2. The first-order valence-electron chi connectivity index (χ1n) is 10.9. The summed E-state index contributed by atoms with van der Waals surface area (Å²) in [6, 6.07) is 4.25. The van der Waals surface area contributed by atoms with Crippen molar-refractivity contribution in [2.75, 3.05) is 11.4 Å². The van der Waals surface area contributed by atoms with Crippen LogP contribution in [0.15, 0.2) is 30.7 Å². The van der Waals surface area contributed by atoms with E-state index in [1.807, 2.05) is 26.1 Å². The molecule has 0 aromatic carbocycles. The second kappa shape index (κ2) is 8.47. The molecule has 0 spiro atoms. The summed E-state index contributed by atoms with van der Waals surface area (Å²) in [6.45, 7) is 4.47. The number of halogens is 1. The Labute approximate surface area is 191 Å². The van der Waals surface area contributed by atoms with Gasteiger partial charge in [0.15, 0.2) is 0 Å². The van der Waals surface area contributed by atoms with E-state index < -0.39 is 0 Å². The highest BCUT2D eigenvalue weighted by molar-refractivity contribution is 6.33. The zero-order valence-corrected chi connectivity index (χ0v) is 18.9. The number of ether oxygens (including phenoxy) is 1. The summed E-state index contributed by atoms with van der Waals surface area (Å²) >= 11 is 6.45. The van der Waals surface area contributed by atoms with E-state index in [-0.39, 0.29) is 12.0 Å². The maximum absolute atomic E-state index is 13.2. The van der Waals surface area contributed by atoms with E-state index in [1.54, 1.807) is 17.3 Å². The van der Waals surface area contributed by atoms with Crippen molar-refractivity contribution in [3.8, 4) is 17.3 Å². The highest BCUT2D eigenvalue weighted by Crippen LogP contribution is 2.33. The fourth-order valence-corrected chi connectivity index (χ4v) is 4.61. The van der Waals surface area contributed by atoms with E-state index in [2.05, 4.69) is 26.0 Å². The van der Waals surface area contributed by atoms with E-state index >= 15 is 0 Å². The van der Waals surface area contributed by atoms with E-state index in [9.17, 15) is 4.79 Å². The minimum atomic E-state index is -0.173. The van der Waals surface area contributed by atoms with Gasteiger partial charge in [0.25, 0.3) is 5.91 Å². The Balaban J connectivity index is 1.42. The van der Waals surface area contributed by atoms with Crippen molar-refractivity contribution in [2.24, 2.45) is 0 Å². The monoisotopic (exact) mass is 449 g/mol. The minimum absolute atomic E-state index is 0.173. The number of hydrogen-bond acceptors (Lipinski definition) is 6. The van der Waals surface area contributed by atoms with E-state index in [0.29, 0.717) is 35.4 Å². The number of carbonyl (C=O) groups is 1. The number of rotatable bonds is 4. The van der Waals surface area contributed by atoms with Gasteiger partial charge in [0.2, 0.25) is 0 Å². The van der Waals surface area contributed by atoms with Gasteiger partial charge >= 0.3 is 6.01 Å². The number of amides is 1. The van der Waals surface area contributed by atoms with Gasteiger partial charge in [-0.05, 0) is 56.7 Å². The topological polar surface area (TPSA) is 81.1 Å². The van der Waals surface area contributed by atoms with Crippen molar-refractivity contribution in [3.63, 3.8) is 0 Å². The molecule has 2 aliphatic rings. The van der Waals surface area contributed by atoms with Crippen LogP contribution in [0, 0.1) is 13.8 Å². The number of aromatic nitrogens is 4. The van der Waals surface area contributed by atoms with Crippen LogP contribution >= 0.6 is 11.6 Å². The van der Waals surface area contributed by atoms with Gasteiger partial charge in [-0.25, -0.2) is 9.97 Å². The maximum Gasteiger partial charge on any atom is 0.316 e. The molecule has 32 heavy (non-hydrogen) atoms. The zero-order valence-electron chi connectivity index (χ0n) is 18.1. The Morgan fingerprint density at radius 3 is 2.62 bits per heavy atom. The molecule has 164 valence electrons. The Hall–Kier alpha value is -3.06. The largest absolute Gasteiger partial charge is 0.460 e. The highest BCUT2D eigenvalue weighted by atomic mass is 35.5. The molecule has 0 radical (unpaired) electrons. The molecule has 0 bridgehead atoms. The fraction of sp³-hybridized carbons (Fsp3) is 0.375. The van der Waals surface area contributed by atoms with Gasteiger partial charge in [-0.1, -0.05) is 17.7 Å². The van der Waals surface area contributed by atoms with Crippen LogP contribution in [-0.4, -0.2) is 38.5 Å². The molecule has 8 heteroatoms. The molecule has 5 rings (SSSR count). The molecular weight excluding hydrogens is 426 g/mol. The summed E-state index contributed by atoms with van der Waals surface area (Å²) in [5, 5.41) is 0.495. The smallest absolute Gasteiger partial charge is 0.316 e. The van der Waals surface area contributed by atoms with Crippen LogP contribution in [0.25, 0.3) is 11.3 Å². The van der Waals surface area contributed by atoms with Crippen LogP contribution in [0.1, 0.15) is 52.9 Å².